The summed E-state index contributed by atoms with van der Waals surface area (Å²) in [5.74, 6) is -0.281. The van der Waals surface area contributed by atoms with E-state index in [0.717, 1.165) is 0 Å². The van der Waals surface area contributed by atoms with Crippen molar-refractivity contribution in [2.24, 2.45) is 0 Å². The molecule has 0 fully saturated rings. The third-order valence-corrected chi connectivity index (χ3v) is 3.72. The maximum atomic E-state index is 11.9. The molecule has 3 nitrogen and oxygen atoms in total. The van der Waals surface area contributed by atoms with Crippen molar-refractivity contribution >= 4 is 51.8 Å². The van der Waals surface area contributed by atoms with E-state index in [0.29, 0.717) is 26.3 Å². The molecule has 17 heavy (non-hydrogen) atoms. The molecular weight excluding hydrogens is 279 g/mol. The van der Waals surface area contributed by atoms with E-state index < -0.39 is 0 Å². The molecule has 6 heteroatoms. The fourth-order valence-electron chi connectivity index (χ4n) is 1.27. The summed E-state index contributed by atoms with van der Waals surface area (Å²) in [4.78, 5) is 12.3. The van der Waals surface area contributed by atoms with Crippen molar-refractivity contribution in [3.05, 3.63) is 44.6 Å². The summed E-state index contributed by atoms with van der Waals surface area (Å²) in [5.41, 5.74) is 6.61. The van der Waals surface area contributed by atoms with Crippen molar-refractivity contribution in [2.45, 2.75) is 0 Å². The van der Waals surface area contributed by atoms with Gasteiger partial charge in [0.05, 0.1) is 15.7 Å². The average Bonchev–Trinajstić information content (AvgIpc) is 2.68. The molecule has 3 N–H and O–H groups in total. The highest BCUT2D eigenvalue weighted by Crippen LogP contribution is 2.27. The Morgan fingerprint density at radius 3 is 2.59 bits per heavy atom. The number of anilines is 2. The van der Waals surface area contributed by atoms with Crippen LogP contribution in [0.3, 0.4) is 0 Å². The summed E-state index contributed by atoms with van der Waals surface area (Å²) >= 11 is 13.1. The van der Waals surface area contributed by atoms with Crippen LogP contribution in [0.1, 0.15) is 9.67 Å². The highest BCUT2D eigenvalue weighted by atomic mass is 35.5. The number of amides is 1. The van der Waals surface area contributed by atoms with E-state index >= 15 is 0 Å². The van der Waals surface area contributed by atoms with Crippen molar-refractivity contribution in [2.75, 3.05) is 11.1 Å². The Hall–Kier alpha value is -1.23. The van der Waals surface area contributed by atoms with Crippen molar-refractivity contribution in [1.29, 1.82) is 0 Å². The van der Waals surface area contributed by atoms with Gasteiger partial charge in [0.15, 0.2) is 0 Å². The number of thiophene rings is 1. The molecule has 0 saturated carbocycles. The molecule has 1 aromatic carbocycles. The summed E-state index contributed by atoms with van der Waals surface area (Å²) in [6, 6.07) is 6.56. The summed E-state index contributed by atoms with van der Waals surface area (Å²) in [6.07, 6.45) is 0. The average molecular weight is 287 g/mol. The van der Waals surface area contributed by atoms with Crippen LogP contribution in [0.15, 0.2) is 29.6 Å². The van der Waals surface area contributed by atoms with E-state index in [9.17, 15) is 4.79 Å². The van der Waals surface area contributed by atoms with E-state index in [-0.39, 0.29) is 5.91 Å². The zero-order valence-corrected chi connectivity index (χ0v) is 10.9. The van der Waals surface area contributed by atoms with Gasteiger partial charge in [0.2, 0.25) is 0 Å². The van der Waals surface area contributed by atoms with Gasteiger partial charge in [-0.15, -0.1) is 11.3 Å². The summed E-state index contributed by atoms with van der Waals surface area (Å²) in [6.45, 7) is 0. The molecule has 1 aromatic heterocycles. The molecule has 2 rings (SSSR count). The summed E-state index contributed by atoms with van der Waals surface area (Å²) in [7, 11) is 0. The molecule has 2 aromatic rings. The molecule has 0 unspecified atom stereocenters. The molecule has 0 radical (unpaired) electrons. The molecule has 0 bridgehead atoms. The van der Waals surface area contributed by atoms with Gasteiger partial charge in [-0.1, -0.05) is 23.2 Å². The molecule has 0 spiro atoms. The number of carbonyl (C=O) groups excluding carboxylic acids is 1. The number of nitrogens with one attached hydrogen (secondary N) is 1. The maximum absolute atomic E-state index is 11.9. The van der Waals surface area contributed by atoms with Gasteiger partial charge < -0.3 is 11.1 Å². The number of hydrogen-bond donors (Lipinski definition) is 2. The van der Waals surface area contributed by atoms with Crippen LogP contribution in [0.4, 0.5) is 11.4 Å². The van der Waals surface area contributed by atoms with Gasteiger partial charge in [0.1, 0.15) is 4.88 Å². The number of carbonyl (C=O) groups is 1. The van der Waals surface area contributed by atoms with Crippen LogP contribution in [0.5, 0.6) is 0 Å². The lowest BCUT2D eigenvalue weighted by Gasteiger charge is -2.06. The van der Waals surface area contributed by atoms with E-state index in [1.54, 1.807) is 29.6 Å². The first kappa shape index (κ1) is 12.2. The fraction of sp³-hybridized carbons (Fsp3) is 0. The third-order valence-electron chi connectivity index (χ3n) is 2.06. The van der Waals surface area contributed by atoms with Gasteiger partial charge in [-0.3, -0.25) is 4.79 Å². The van der Waals surface area contributed by atoms with Crippen LogP contribution in [0.2, 0.25) is 10.0 Å². The smallest absolute Gasteiger partial charge is 0.267 e. The minimum atomic E-state index is -0.281. The Balaban J connectivity index is 2.22. The van der Waals surface area contributed by atoms with Crippen molar-refractivity contribution in [1.82, 2.24) is 0 Å². The van der Waals surface area contributed by atoms with Gasteiger partial charge in [-0.05, 0) is 29.6 Å². The second-order valence-corrected chi connectivity index (χ2v) is 5.02. The van der Waals surface area contributed by atoms with Crippen LogP contribution in [-0.4, -0.2) is 5.91 Å². The Morgan fingerprint density at radius 1 is 1.24 bits per heavy atom. The van der Waals surface area contributed by atoms with Gasteiger partial charge >= 0.3 is 0 Å². The fourth-order valence-corrected chi connectivity index (χ4v) is 2.54. The number of halogens is 2. The maximum Gasteiger partial charge on any atom is 0.267 e. The molecule has 0 aliphatic rings. The summed E-state index contributed by atoms with van der Waals surface area (Å²) in [5, 5.41) is 5.26. The molecule has 1 amide bonds. The largest absolute Gasteiger partial charge is 0.399 e. The van der Waals surface area contributed by atoms with Crippen LogP contribution in [-0.2, 0) is 0 Å². The lowest BCUT2D eigenvalue weighted by Crippen LogP contribution is -2.11. The van der Waals surface area contributed by atoms with Crippen LogP contribution in [0.25, 0.3) is 0 Å². The molecule has 0 aliphatic carbocycles. The molecule has 0 saturated heterocycles. The predicted octanol–water partition coefficient (Wildman–Crippen LogP) is 3.89. The molecular formula is C11H8Cl2N2OS. The monoisotopic (exact) mass is 286 g/mol. The number of rotatable bonds is 2. The zero-order chi connectivity index (χ0) is 12.4. The Kier molecular flexibility index (Phi) is 3.57. The normalized spacial score (nSPS) is 10.2. The molecule has 0 atom stereocenters. The van der Waals surface area contributed by atoms with E-state index in [1.165, 1.54) is 11.3 Å². The summed E-state index contributed by atoms with van der Waals surface area (Å²) < 4.78 is 0. The molecule has 88 valence electrons. The second kappa shape index (κ2) is 4.96. The van der Waals surface area contributed by atoms with Crippen molar-refractivity contribution < 1.29 is 4.79 Å². The highest BCUT2D eigenvalue weighted by Gasteiger charge is 2.13. The minimum absolute atomic E-state index is 0.281. The van der Waals surface area contributed by atoms with E-state index in [2.05, 4.69) is 5.32 Å². The van der Waals surface area contributed by atoms with E-state index in [1.807, 2.05) is 0 Å². The third kappa shape index (κ3) is 2.72. The Labute approximate surface area is 112 Å². The van der Waals surface area contributed by atoms with Gasteiger partial charge in [0.25, 0.3) is 5.91 Å². The SMILES string of the molecule is Nc1ccc(NC(=O)c2sccc2Cl)c(Cl)c1. The predicted molar refractivity (Wildman–Crippen MR) is 73.1 cm³/mol. The minimum Gasteiger partial charge on any atom is -0.399 e. The highest BCUT2D eigenvalue weighted by molar-refractivity contribution is 7.12. The molecule has 1 heterocycles. The zero-order valence-electron chi connectivity index (χ0n) is 8.54. The van der Waals surface area contributed by atoms with Gasteiger partial charge in [-0.25, -0.2) is 0 Å². The van der Waals surface area contributed by atoms with Gasteiger partial charge in [-0.2, -0.15) is 0 Å². The Bertz CT molecular complexity index is 568. The lowest BCUT2D eigenvalue weighted by molar-refractivity contribution is 0.103. The second-order valence-electron chi connectivity index (χ2n) is 3.29. The first-order chi connectivity index (χ1) is 8.08. The number of nitrogens with two attached hydrogens (primary N) is 1. The topological polar surface area (TPSA) is 55.1 Å². The quantitative estimate of drug-likeness (QED) is 0.823. The Morgan fingerprint density at radius 2 is 2.00 bits per heavy atom. The van der Waals surface area contributed by atoms with E-state index in [4.69, 9.17) is 28.9 Å². The van der Waals surface area contributed by atoms with Crippen LogP contribution < -0.4 is 11.1 Å². The number of hydrogen-bond acceptors (Lipinski definition) is 3. The van der Waals surface area contributed by atoms with Crippen molar-refractivity contribution in [3.8, 4) is 0 Å². The van der Waals surface area contributed by atoms with Crippen LogP contribution in [0, 0.1) is 0 Å². The van der Waals surface area contributed by atoms with Gasteiger partial charge in [0, 0.05) is 5.69 Å². The number of benzene rings is 1. The lowest BCUT2D eigenvalue weighted by atomic mass is 10.3. The van der Waals surface area contributed by atoms with Crippen molar-refractivity contribution in [3.63, 3.8) is 0 Å². The molecule has 0 aliphatic heterocycles. The first-order valence-corrected chi connectivity index (χ1v) is 6.31. The van der Waals surface area contributed by atoms with Crippen LogP contribution >= 0.6 is 34.5 Å². The standard InChI is InChI=1S/C11H8Cl2N2OS/c12-7-3-4-17-10(7)11(16)15-9-2-1-6(14)5-8(9)13/h1-5H,14H2,(H,15,16). The number of nitrogen functional groups attached to an aromatic ring is 1. The first-order valence-electron chi connectivity index (χ1n) is 4.67.